The highest BCUT2D eigenvalue weighted by molar-refractivity contribution is 7.13. The molecule has 0 spiro atoms. The number of hydrazone groups is 1. The van der Waals surface area contributed by atoms with Gasteiger partial charge >= 0.3 is 0 Å². The molecule has 3 N–H and O–H groups in total. The van der Waals surface area contributed by atoms with E-state index in [1.807, 2.05) is 23.6 Å². The molecule has 0 bridgehead atoms. The molecule has 1 aromatic carbocycles. The number of carbonyl (C=O) groups excluding carboxylic acids is 1. The van der Waals surface area contributed by atoms with Crippen molar-refractivity contribution in [3.8, 4) is 16.4 Å². The molecule has 0 saturated heterocycles. The number of aromatic nitrogens is 5. The molecule has 0 atom stereocenters. The van der Waals surface area contributed by atoms with Gasteiger partial charge in [0, 0.05) is 10.6 Å². The van der Waals surface area contributed by atoms with E-state index in [-0.39, 0.29) is 17.3 Å². The van der Waals surface area contributed by atoms with Gasteiger partial charge < -0.3 is 5.73 Å². The van der Waals surface area contributed by atoms with Crippen molar-refractivity contribution in [3.63, 3.8) is 0 Å². The van der Waals surface area contributed by atoms with Crippen molar-refractivity contribution in [1.29, 1.82) is 0 Å². The fourth-order valence-corrected chi connectivity index (χ4v) is 3.29. The van der Waals surface area contributed by atoms with Crippen LogP contribution in [-0.4, -0.2) is 37.4 Å². The summed E-state index contributed by atoms with van der Waals surface area (Å²) in [6, 6.07) is 10.7. The molecule has 0 saturated carbocycles. The first-order valence-corrected chi connectivity index (χ1v) is 9.07. The monoisotopic (exact) mass is 414 g/mol. The van der Waals surface area contributed by atoms with E-state index in [0.717, 1.165) is 4.88 Å². The van der Waals surface area contributed by atoms with Gasteiger partial charge in [0.1, 0.15) is 5.69 Å². The Morgan fingerprint density at radius 3 is 2.86 bits per heavy atom. The van der Waals surface area contributed by atoms with Gasteiger partial charge in [-0.15, -0.1) is 16.4 Å². The third-order valence-corrected chi connectivity index (χ3v) is 4.83. The Bertz CT molecular complexity index is 1150. The second-order valence-corrected chi connectivity index (χ2v) is 6.72. The quantitative estimate of drug-likeness (QED) is 0.377. The Labute approximate surface area is 166 Å². The van der Waals surface area contributed by atoms with Crippen molar-refractivity contribution in [2.75, 3.05) is 5.73 Å². The highest BCUT2D eigenvalue weighted by Gasteiger charge is 2.25. The first kappa shape index (κ1) is 17.8. The summed E-state index contributed by atoms with van der Waals surface area (Å²) in [6.45, 7) is 0. The van der Waals surface area contributed by atoms with Crippen LogP contribution in [0.15, 0.2) is 51.5 Å². The van der Waals surface area contributed by atoms with Gasteiger partial charge in [-0.3, -0.25) is 4.79 Å². The third kappa shape index (κ3) is 3.35. The summed E-state index contributed by atoms with van der Waals surface area (Å²) in [5.41, 5.74) is 9.26. The summed E-state index contributed by atoms with van der Waals surface area (Å²) >= 11 is 7.46. The Balaban J connectivity index is 1.66. The average Bonchev–Trinajstić information content (AvgIpc) is 3.42. The molecule has 4 rings (SSSR count). The van der Waals surface area contributed by atoms with E-state index in [9.17, 15) is 4.79 Å². The van der Waals surface area contributed by atoms with Gasteiger partial charge in [-0.05, 0) is 27.8 Å². The van der Waals surface area contributed by atoms with Crippen LogP contribution in [0.5, 0.6) is 0 Å². The number of halogens is 1. The SMILES string of the molecule is Nc1nonc1-n1nnc(C(=O)N/N=C\c2ccccc2Cl)c1-c1cccs1. The number of nitrogen functional groups attached to an aromatic ring is 1. The molecule has 0 fully saturated rings. The molecule has 140 valence electrons. The number of nitrogens with zero attached hydrogens (tertiary/aromatic N) is 6. The van der Waals surface area contributed by atoms with E-state index in [4.69, 9.17) is 17.3 Å². The first-order chi connectivity index (χ1) is 13.6. The number of carbonyl (C=O) groups is 1. The molecule has 0 aliphatic rings. The second-order valence-electron chi connectivity index (χ2n) is 5.37. The van der Waals surface area contributed by atoms with Crippen LogP contribution in [0.2, 0.25) is 5.02 Å². The largest absolute Gasteiger partial charge is 0.378 e. The Kier molecular flexibility index (Phi) is 4.83. The van der Waals surface area contributed by atoms with Gasteiger partial charge in [0.05, 0.1) is 11.1 Å². The minimum absolute atomic E-state index is 0.0198. The van der Waals surface area contributed by atoms with E-state index in [1.165, 1.54) is 22.2 Å². The number of hydrogen-bond donors (Lipinski definition) is 2. The lowest BCUT2D eigenvalue weighted by atomic mass is 10.2. The van der Waals surface area contributed by atoms with Gasteiger partial charge in [0.2, 0.25) is 11.6 Å². The zero-order valence-electron chi connectivity index (χ0n) is 14.0. The first-order valence-electron chi connectivity index (χ1n) is 7.81. The zero-order valence-corrected chi connectivity index (χ0v) is 15.6. The van der Waals surface area contributed by atoms with Crippen LogP contribution < -0.4 is 11.2 Å². The summed E-state index contributed by atoms with van der Waals surface area (Å²) in [5, 5.41) is 21.5. The molecule has 28 heavy (non-hydrogen) atoms. The van der Waals surface area contributed by atoms with Gasteiger partial charge in [-0.1, -0.05) is 41.1 Å². The summed E-state index contributed by atoms with van der Waals surface area (Å²) in [4.78, 5) is 13.4. The molecule has 0 unspecified atom stereocenters. The maximum atomic E-state index is 12.6. The van der Waals surface area contributed by atoms with Crippen molar-refractivity contribution < 1.29 is 9.42 Å². The van der Waals surface area contributed by atoms with Gasteiger partial charge in [0.25, 0.3) is 5.91 Å². The highest BCUT2D eigenvalue weighted by Crippen LogP contribution is 2.29. The van der Waals surface area contributed by atoms with Crippen molar-refractivity contribution in [1.82, 2.24) is 30.7 Å². The lowest BCUT2D eigenvalue weighted by Crippen LogP contribution is -2.19. The lowest BCUT2D eigenvalue weighted by Gasteiger charge is -2.03. The molecule has 3 heterocycles. The standard InChI is InChI=1S/C16H11ClN8O2S/c17-10-5-2-1-4-9(10)8-19-21-16(26)12-13(11-6-3-7-28-11)25(24-20-12)15-14(18)22-27-23-15/h1-8H,(H2,18,22)(H,21,26)/b19-8-. The van der Waals surface area contributed by atoms with E-state index >= 15 is 0 Å². The minimum Gasteiger partial charge on any atom is -0.378 e. The van der Waals surface area contributed by atoms with Crippen LogP contribution in [0.3, 0.4) is 0 Å². The van der Waals surface area contributed by atoms with Crippen LogP contribution in [0, 0.1) is 0 Å². The number of amides is 1. The van der Waals surface area contributed by atoms with E-state index in [1.54, 1.807) is 18.2 Å². The van der Waals surface area contributed by atoms with Crippen molar-refractivity contribution in [3.05, 3.63) is 58.1 Å². The molecule has 0 radical (unpaired) electrons. The zero-order chi connectivity index (χ0) is 19.5. The number of nitrogens with two attached hydrogens (primary N) is 1. The van der Waals surface area contributed by atoms with Crippen LogP contribution in [-0.2, 0) is 0 Å². The molecule has 10 nitrogen and oxygen atoms in total. The maximum Gasteiger partial charge on any atom is 0.294 e. The van der Waals surface area contributed by atoms with Crippen LogP contribution in [0.1, 0.15) is 16.1 Å². The normalized spacial score (nSPS) is 11.2. The topological polar surface area (TPSA) is 137 Å². The summed E-state index contributed by atoms with van der Waals surface area (Å²) in [7, 11) is 0. The smallest absolute Gasteiger partial charge is 0.294 e. The van der Waals surface area contributed by atoms with Crippen LogP contribution >= 0.6 is 22.9 Å². The fraction of sp³-hybridized carbons (Fsp3) is 0. The van der Waals surface area contributed by atoms with E-state index in [2.05, 4.69) is 35.8 Å². The van der Waals surface area contributed by atoms with Crippen LogP contribution in [0.25, 0.3) is 16.4 Å². The fourth-order valence-electron chi connectivity index (χ4n) is 2.35. The molecular formula is C16H11ClN8O2S. The third-order valence-electron chi connectivity index (χ3n) is 3.61. The Morgan fingerprint density at radius 1 is 1.29 bits per heavy atom. The molecule has 1 amide bonds. The average molecular weight is 415 g/mol. The molecule has 12 heteroatoms. The number of anilines is 1. The van der Waals surface area contributed by atoms with Crippen molar-refractivity contribution >= 4 is 40.9 Å². The predicted molar refractivity (Wildman–Crippen MR) is 103 cm³/mol. The van der Waals surface area contributed by atoms with Crippen molar-refractivity contribution in [2.45, 2.75) is 0 Å². The molecule has 3 aromatic heterocycles. The second kappa shape index (κ2) is 7.58. The van der Waals surface area contributed by atoms with Crippen molar-refractivity contribution in [2.24, 2.45) is 5.10 Å². The predicted octanol–water partition coefficient (Wildman–Crippen LogP) is 2.38. The Morgan fingerprint density at radius 2 is 2.14 bits per heavy atom. The summed E-state index contributed by atoms with van der Waals surface area (Å²) < 4.78 is 5.92. The highest BCUT2D eigenvalue weighted by atomic mass is 35.5. The van der Waals surface area contributed by atoms with E-state index < -0.39 is 5.91 Å². The Hall–Kier alpha value is -3.57. The molecule has 0 aliphatic carbocycles. The number of benzene rings is 1. The van der Waals surface area contributed by atoms with Gasteiger partial charge in [-0.25, -0.2) is 10.1 Å². The molecule has 4 aromatic rings. The summed E-state index contributed by atoms with van der Waals surface area (Å²) in [5.74, 6) is -0.408. The number of thiophene rings is 1. The van der Waals surface area contributed by atoms with E-state index in [0.29, 0.717) is 16.3 Å². The summed E-state index contributed by atoms with van der Waals surface area (Å²) in [6.07, 6.45) is 1.44. The minimum atomic E-state index is -0.562. The number of hydrogen-bond acceptors (Lipinski definition) is 9. The molecular weight excluding hydrogens is 404 g/mol. The number of rotatable bonds is 5. The molecule has 0 aliphatic heterocycles. The number of nitrogens with one attached hydrogen (secondary N) is 1. The maximum absolute atomic E-state index is 12.6. The van der Waals surface area contributed by atoms with Gasteiger partial charge in [-0.2, -0.15) is 9.78 Å². The lowest BCUT2D eigenvalue weighted by molar-refractivity contribution is 0.0951. The van der Waals surface area contributed by atoms with Gasteiger partial charge in [0.15, 0.2) is 5.69 Å². The van der Waals surface area contributed by atoms with Crippen LogP contribution in [0.4, 0.5) is 5.82 Å².